The average molecular weight is 646 g/mol. The quantitative estimate of drug-likeness (QED) is 0.184. The lowest BCUT2D eigenvalue weighted by Gasteiger charge is -2.23. The number of pyridine rings is 1. The highest BCUT2D eigenvalue weighted by atomic mass is 32.1. The first kappa shape index (κ1) is 30.6. The zero-order valence-corrected chi connectivity index (χ0v) is 25.2. The van der Waals surface area contributed by atoms with Gasteiger partial charge in [-0.25, -0.2) is 19.7 Å². The van der Waals surface area contributed by atoms with Crippen LogP contribution in [0.15, 0.2) is 79.4 Å². The van der Waals surface area contributed by atoms with E-state index in [0.29, 0.717) is 29.4 Å². The molecule has 0 bridgehead atoms. The minimum atomic E-state index is -4.65. The molecule has 1 aliphatic rings. The second-order valence-electron chi connectivity index (χ2n) is 10.4. The van der Waals surface area contributed by atoms with Crippen LogP contribution in [-0.2, 0) is 11.0 Å². The molecule has 0 radical (unpaired) electrons. The Hall–Kier alpha value is -5.37. The largest absolute Gasteiger partial charge is 0.424 e. The van der Waals surface area contributed by atoms with Crippen LogP contribution in [0.1, 0.15) is 30.4 Å². The van der Waals surface area contributed by atoms with E-state index < -0.39 is 17.8 Å². The maximum atomic E-state index is 13.4. The standard InChI is InChI=1S/C32H26F3N7O3S/c1-19-6-2-3-7-24(19)28-25(14-21(15-36-28)32(33,34)35)41-29(44)40-22-16-37-30(38-17-22)45-23-11-9-20(10-12-23)26-18-39-31(46-26)42-13-5-4-8-27(42)43/h2-3,6-7,9-12,14-18H,4-5,8,13H2,1H3,(H2,40,41,44). The minimum Gasteiger partial charge on any atom is -0.424 e. The molecule has 3 amide bonds. The predicted molar refractivity (Wildman–Crippen MR) is 168 cm³/mol. The number of hydrogen-bond acceptors (Lipinski definition) is 8. The van der Waals surface area contributed by atoms with Crippen molar-refractivity contribution in [1.82, 2.24) is 19.9 Å². The highest BCUT2D eigenvalue weighted by Gasteiger charge is 2.32. The molecule has 10 nitrogen and oxygen atoms in total. The number of nitrogens with one attached hydrogen (secondary N) is 2. The second kappa shape index (κ2) is 12.9. The Bertz CT molecular complexity index is 1880. The Morgan fingerprint density at radius 2 is 1.70 bits per heavy atom. The van der Waals surface area contributed by atoms with Gasteiger partial charge in [-0.05, 0) is 61.2 Å². The molecule has 0 aliphatic carbocycles. The number of nitrogens with zero attached hydrogens (tertiary/aromatic N) is 5. The normalized spacial score (nSPS) is 13.4. The van der Waals surface area contributed by atoms with Crippen LogP contribution in [0.3, 0.4) is 0 Å². The van der Waals surface area contributed by atoms with Crippen molar-refractivity contribution < 1.29 is 27.5 Å². The number of urea groups is 1. The molecule has 1 aliphatic heterocycles. The molecule has 5 aromatic rings. The third-order valence-electron chi connectivity index (χ3n) is 7.15. The summed E-state index contributed by atoms with van der Waals surface area (Å²) in [5.74, 6) is 0.567. The number of benzene rings is 2. The molecule has 3 aromatic heterocycles. The van der Waals surface area contributed by atoms with Crippen molar-refractivity contribution in [3.63, 3.8) is 0 Å². The summed E-state index contributed by atoms with van der Waals surface area (Å²) in [5.41, 5.74) is 1.54. The van der Waals surface area contributed by atoms with Crippen molar-refractivity contribution in [2.45, 2.75) is 32.4 Å². The number of amides is 3. The molecule has 4 heterocycles. The molecule has 46 heavy (non-hydrogen) atoms. The number of hydrogen-bond donors (Lipinski definition) is 2. The highest BCUT2D eigenvalue weighted by Crippen LogP contribution is 2.36. The van der Waals surface area contributed by atoms with Gasteiger partial charge in [-0.15, -0.1) is 0 Å². The van der Waals surface area contributed by atoms with Gasteiger partial charge in [-0.2, -0.15) is 13.2 Å². The fraction of sp³-hybridized carbons (Fsp3) is 0.188. The third-order valence-corrected chi connectivity index (χ3v) is 8.21. The van der Waals surface area contributed by atoms with Gasteiger partial charge in [0.1, 0.15) is 5.75 Å². The van der Waals surface area contributed by atoms with E-state index in [1.807, 2.05) is 12.1 Å². The number of aromatic nitrogens is 4. The van der Waals surface area contributed by atoms with E-state index in [9.17, 15) is 22.8 Å². The fourth-order valence-electron chi connectivity index (χ4n) is 4.81. The van der Waals surface area contributed by atoms with Crippen LogP contribution in [0.25, 0.3) is 21.7 Å². The van der Waals surface area contributed by atoms with Crippen LogP contribution in [0.4, 0.5) is 34.5 Å². The molecule has 2 aromatic carbocycles. The third kappa shape index (κ3) is 6.96. The van der Waals surface area contributed by atoms with Crippen molar-refractivity contribution in [3.05, 3.63) is 90.5 Å². The van der Waals surface area contributed by atoms with Gasteiger partial charge in [-0.3, -0.25) is 14.7 Å². The molecular formula is C32H26F3N7O3S. The summed E-state index contributed by atoms with van der Waals surface area (Å²) in [7, 11) is 0. The number of rotatable bonds is 7. The minimum absolute atomic E-state index is 0.0197. The summed E-state index contributed by atoms with van der Waals surface area (Å²) < 4.78 is 46.0. The molecule has 234 valence electrons. The molecule has 0 spiro atoms. The fourth-order valence-corrected chi connectivity index (χ4v) is 5.78. The number of aryl methyl sites for hydroxylation is 1. The predicted octanol–water partition coefficient (Wildman–Crippen LogP) is 7.94. The Morgan fingerprint density at radius 3 is 2.41 bits per heavy atom. The molecule has 6 rings (SSSR count). The number of halogens is 3. The second-order valence-corrected chi connectivity index (χ2v) is 11.4. The van der Waals surface area contributed by atoms with Gasteiger partial charge in [0.25, 0.3) is 0 Å². The maximum absolute atomic E-state index is 13.4. The molecular weight excluding hydrogens is 619 g/mol. The van der Waals surface area contributed by atoms with Gasteiger partial charge in [0.15, 0.2) is 5.13 Å². The molecule has 0 atom stereocenters. The van der Waals surface area contributed by atoms with Gasteiger partial charge < -0.3 is 15.4 Å². The van der Waals surface area contributed by atoms with E-state index in [2.05, 4.69) is 30.6 Å². The summed E-state index contributed by atoms with van der Waals surface area (Å²) in [6.07, 6.45) is 2.87. The number of alkyl halides is 3. The van der Waals surface area contributed by atoms with Crippen molar-refractivity contribution in [2.24, 2.45) is 0 Å². The van der Waals surface area contributed by atoms with Crippen LogP contribution < -0.4 is 20.3 Å². The number of thiazole rings is 1. The van der Waals surface area contributed by atoms with Crippen LogP contribution in [0, 0.1) is 6.92 Å². The van der Waals surface area contributed by atoms with E-state index >= 15 is 0 Å². The molecule has 1 fully saturated rings. The number of ether oxygens (including phenoxy) is 1. The highest BCUT2D eigenvalue weighted by molar-refractivity contribution is 7.19. The Labute approximate surface area is 265 Å². The lowest BCUT2D eigenvalue weighted by atomic mass is 10.0. The number of carbonyl (C=O) groups is 2. The van der Waals surface area contributed by atoms with E-state index in [4.69, 9.17) is 4.74 Å². The monoisotopic (exact) mass is 645 g/mol. The van der Waals surface area contributed by atoms with Gasteiger partial charge in [0.2, 0.25) is 5.91 Å². The Balaban J connectivity index is 1.10. The molecule has 0 saturated carbocycles. The van der Waals surface area contributed by atoms with Crippen molar-refractivity contribution >= 4 is 39.8 Å². The average Bonchev–Trinajstić information content (AvgIpc) is 3.53. The molecule has 2 N–H and O–H groups in total. The first-order valence-corrected chi connectivity index (χ1v) is 15.0. The zero-order valence-electron chi connectivity index (χ0n) is 24.3. The van der Waals surface area contributed by atoms with Crippen LogP contribution in [-0.4, -0.2) is 38.4 Å². The Kier molecular flexibility index (Phi) is 8.61. The SMILES string of the molecule is Cc1ccccc1-c1ncc(C(F)(F)F)cc1NC(=O)Nc1cnc(Oc2ccc(-c3cnc(N4CCCCC4=O)s3)cc2)nc1. The first-order valence-electron chi connectivity index (χ1n) is 14.2. The summed E-state index contributed by atoms with van der Waals surface area (Å²) in [5, 5.41) is 5.68. The van der Waals surface area contributed by atoms with Crippen LogP contribution in [0.2, 0.25) is 0 Å². The van der Waals surface area contributed by atoms with Crippen LogP contribution in [0.5, 0.6) is 11.8 Å². The summed E-state index contributed by atoms with van der Waals surface area (Å²) in [6, 6.07) is 14.3. The van der Waals surface area contributed by atoms with E-state index in [1.54, 1.807) is 54.4 Å². The molecule has 0 unspecified atom stereocenters. The maximum Gasteiger partial charge on any atom is 0.417 e. The molecule has 1 saturated heterocycles. The van der Waals surface area contributed by atoms with Crippen molar-refractivity contribution in [2.75, 3.05) is 22.1 Å². The van der Waals surface area contributed by atoms with Gasteiger partial charge in [-0.1, -0.05) is 35.6 Å². The summed E-state index contributed by atoms with van der Waals surface area (Å²) in [6.45, 7) is 2.48. The van der Waals surface area contributed by atoms with Crippen molar-refractivity contribution in [3.8, 4) is 33.5 Å². The number of anilines is 3. The van der Waals surface area contributed by atoms with Crippen molar-refractivity contribution in [1.29, 1.82) is 0 Å². The van der Waals surface area contributed by atoms with Gasteiger partial charge in [0.05, 0.1) is 39.9 Å². The first-order chi connectivity index (χ1) is 22.1. The van der Waals surface area contributed by atoms with E-state index in [0.717, 1.165) is 41.1 Å². The zero-order chi connectivity index (χ0) is 32.3. The smallest absolute Gasteiger partial charge is 0.417 e. The van der Waals surface area contributed by atoms with Gasteiger partial charge in [0, 0.05) is 30.9 Å². The van der Waals surface area contributed by atoms with E-state index in [1.165, 1.54) is 23.7 Å². The van der Waals surface area contributed by atoms with Gasteiger partial charge >= 0.3 is 18.2 Å². The van der Waals surface area contributed by atoms with Crippen LogP contribution >= 0.6 is 11.3 Å². The number of piperidine rings is 1. The Morgan fingerprint density at radius 1 is 0.935 bits per heavy atom. The van der Waals surface area contributed by atoms with E-state index in [-0.39, 0.29) is 29.0 Å². The summed E-state index contributed by atoms with van der Waals surface area (Å²) >= 11 is 1.45. The summed E-state index contributed by atoms with van der Waals surface area (Å²) in [4.78, 5) is 44.4. The topological polar surface area (TPSA) is 122 Å². The number of carbonyl (C=O) groups excluding carboxylic acids is 2. The molecule has 14 heteroatoms. The lowest BCUT2D eigenvalue weighted by Crippen LogP contribution is -2.34. The lowest BCUT2D eigenvalue weighted by molar-refractivity contribution is -0.137.